The Morgan fingerprint density at radius 3 is 2.67 bits per heavy atom. The molecule has 3 heteroatoms. The lowest BCUT2D eigenvalue weighted by Gasteiger charge is -2.07. The highest BCUT2D eigenvalue weighted by molar-refractivity contribution is 5.62. The maximum absolute atomic E-state index is 11.9. The Labute approximate surface area is 106 Å². The van der Waals surface area contributed by atoms with Crippen LogP contribution in [0.3, 0.4) is 0 Å². The molecule has 18 heavy (non-hydrogen) atoms. The molecule has 0 amide bonds. The number of hydrogen-bond acceptors (Lipinski definition) is 2. The normalized spacial score (nSPS) is 14.7. The second-order valence-corrected chi connectivity index (χ2v) is 5.00. The molecule has 0 aliphatic heterocycles. The first kappa shape index (κ1) is 11.2. The summed E-state index contributed by atoms with van der Waals surface area (Å²) in [7, 11) is 0. The Hall–Kier alpha value is -1.90. The molecule has 0 bridgehead atoms. The Balaban J connectivity index is 2.06. The first-order chi connectivity index (χ1) is 8.74. The maximum Gasteiger partial charge on any atom is 0.254 e. The van der Waals surface area contributed by atoms with Crippen LogP contribution in [0, 0.1) is 12.8 Å². The highest BCUT2D eigenvalue weighted by Gasteiger charge is 2.23. The van der Waals surface area contributed by atoms with Crippen LogP contribution in [-0.2, 0) is 6.42 Å². The van der Waals surface area contributed by atoms with Gasteiger partial charge in [-0.15, -0.1) is 0 Å². The smallest absolute Gasteiger partial charge is 0.254 e. The summed E-state index contributed by atoms with van der Waals surface area (Å²) < 4.78 is 0. The zero-order chi connectivity index (χ0) is 12.5. The molecule has 1 aliphatic carbocycles. The minimum Gasteiger partial charge on any atom is -0.310 e. The van der Waals surface area contributed by atoms with Crippen LogP contribution in [-0.4, -0.2) is 9.97 Å². The molecule has 0 spiro atoms. The van der Waals surface area contributed by atoms with Crippen LogP contribution < -0.4 is 5.56 Å². The van der Waals surface area contributed by atoms with Crippen LogP contribution >= 0.6 is 0 Å². The molecule has 1 aromatic carbocycles. The van der Waals surface area contributed by atoms with E-state index in [0.29, 0.717) is 5.56 Å². The molecule has 1 heterocycles. The highest BCUT2D eigenvalue weighted by atomic mass is 16.1. The maximum atomic E-state index is 11.9. The summed E-state index contributed by atoms with van der Waals surface area (Å²) in [5.41, 5.74) is 2.51. The average Bonchev–Trinajstić information content (AvgIpc) is 3.18. The van der Waals surface area contributed by atoms with Crippen molar-refractivity contribution in [2.75, 3.05) is 0 Å². The molecular formula is C15H16N2O. The van der Waals surface area contributed by atoms with Gasteiger partial charge in [0.15, 0.2) is 0 Å². The quantitative estimate of drug-likeness (QED) is 0.896. The van der Waals surface area contributed by atoms with E-state index in [9.17, 15) is 4.79 Å². The standard InChI is InChI=1S/C15H16N2O/c1-10-14(12-5-3-2-4-6-12)16-13(17-15(10)18)9-11-7-8-11/h2-6,11H,7-9H2,1H3,(H,16,17,18). The van der Waals surface area contributed by atoms with Gasteiger partial charge < -0.3 is 4.98 Å². The van der Waals surface area contributed by atoms with E-state index < -0.39 is 0 Å². The molecule has 1 fully saturated rings. The van der Waals surface area contributed by atoms with Crippen molar-refractivity contribution in [3.05, 3.63) is 52.1 Å². The number of aromatic amines is 1. The van der Waals surface area contributed by atoms with Crippen molar-refractivity contribution in [3.8, 4) is 11.3 Å². The van der Waals surface area contributed by atoms with Gasteiger partial charge in [0.1, 0.15) is 5.82 Å². The second-order valence-electron chi connectivity index (χ2n) is 5.00. The highest BCUT2D eigenvalue weighted by Crippen LogP contribution is 2.31. The zero-order valence-corrected chi connectivity index (χ0v) is 10.4. The number of rotatable bonds is 3. The molecule has 1 aliphatic rings. The summed E-state index contributed by atoms with van der Waals surface area (Å²) in [5.74, 6) is 1.55. The summed E-state index contributed by atoms with van der Waals surface area (Å²) in [6.45, 7) is 1.83. The molecule has 1 aromatic heterocycles. The van der Waals surface area contributed by atoms with E-state index in [4.69, 9.17) is 0 Å². The van der Waals surface area contributed by atoms with Gasteiger partial charge in [-0.25, -0.2) is 4.98 Å². The fraction of sp³-hybridized carbons (Fsp3) is 0.333. The summed E-state index contributed by atoms with van der Waals surface area (Å²) >= 11 is 0. The summed E-state index contributed by atoms with van der Waals surface area (Å²) in [6.07, 6.45) is 3.42. The van der Waals surface area contributed by atoms with Crippen LogP contribution in [0.4, 0.5) is 0 Å². The molecule has 1 N–H and O–H groups in total. The van der Waals surface area contributed by atoms with Crippen molar-refractivity contribution >= 4 is 0 Å². The number of nitrogens with one attached hydrogen (secondary N) is 1. The first-order valence-corrected chi connectivity index (χ1v) is 6.39. The van der Waals surface area contributed by atoms with Gasteiger partial charge in [-0.1, -0.05) is 30.3 Å². The summed E-state index contributed by atoms with van der Waals surface area (Å²) in [4.78, 5) is 19.5. The van der Waals surface area contributed by atoms with Crippen molar-refractivity contribution in [2.45, 2.75) is 26.2 Å². The van der Waals surface area contributed by atoms with E-state index >= 15 is 0 Å². The van der Waals surface area contributed by atoms with Gasteiger partial charge in [0.25, 0.3) is 5.56 Å². The van der Waals surface area contributed by atoms with Crippen molar-refractivity contribution in [1.29, 1.82) is 0 Å². The summed E-state index contributed by atoms with van der Waals surface area (Å²) in [6, 6.07) is 9.90. The van der Waals surface area contributed by atoms with Crippen LogP contribution in [0.2, 0.25) is 0 Å². The minimum absolute atomic E-state index is 0.0143. The number of nitrogens with zero attached hydrogens (tertiary/aromatic N) is 1. The third-order valence-electron chi connectivity index (χ3n) is 3.43. The third-order valence-corrected chi connectivity index (χ3v) is 3.43. The van der Waals surface area contributed by atoms with Crippen LogP contribution in [0.1, 0.15) is 24.2 Å². The molecule has 3 rings (SSSR count). The third kappa shape index (κ3) is 2.21. The molecule has 0 radical (unpaired) electrons. The van der Waals surface area contributed by atoms with Crippen molar-refractivity contribution in [3.63, 3.8) is 0 Å². The zero-order valence-electron chi connectivity index (χ0n) is 10.4. The van der Waals surface area contributed by atoms with Gasteiger partial charge in [0.2, 0.25) is 0 Å². The van der Waals surface area contributed by atoms with E-state index in [1.165, 1.54) is 12.8 Å². The van der Waals surface area contributed by atoms with Gasteiger partial charge in [0.05, 0.1) is 5.69 Å². The van der Waals surface area contributed by atoms with E-state index in [1.807, 2.05) is 37.3 Å². The number of H-pyrrole nitrogens is 1. The molecule has 3 nitrogen and oxygen atoms in total. The molecular weight excluding hydrogens is 224 g/mol. The van der Waals surface area contributed by atoms with E-state index in [1.54, 1.807) is 0 Å². The van der Waals surface area contributed by atoms with Gasteiger partial charge in [-0.3, -0.25) is 4.79 Å². The predicted molar refractivity (Wildman–Crippen MR) is 71.5 cm³/mol. The average molecular weight is 240 g/mol. The Kier molecular flexibility index (Phi) is 2.74. The Bertz CT molecular complexity index is 612. The monoisotopic (exact) mass is 240 g/mol. The Morgan fingerprint density at radius 1 is 1.28 bits per heavy atom. The lowest BCUT2D eigenvalue weighted by Crippen LogP contribution is -2.16. The Morgan fingerprint density at radius 2 is 2.00 bits per heavy atom. The largest absolute Gasteiger partial charge is 0.310 e. The first-order valence-electron chi connectivity index (χ1n) is 6.39. The minimum atomic E-state index is -0.0143. The fourth-order valence-electron chi connectivity index (χ4n) is 2.15. The fourth-order valence-corrected chi connectivity index (χ4v) is 2.15. The van der Waals surface area contributed by atoms with Crippen LogP contribution in [0.25, 0.3) is 11.3 Å². The van der Waals surface area contributed by atoms with Gasteiger partial charge in [0, 0.05) is 17.5 Å². The van der Waals surface area contributed by atoms with Crippen LogP contribution in [0.15, 0.2) is 35.1 Å². The van der Waals surface area contributed by atoms with Gasteiger partial charge in [-0.05, 0) is 25.7 Å². The SMILES string of the molecule is Cc1c(-c2ccccc2)nc(CC2CC2)[nH]c1=O. The number of aromatic nitrogens is 2. The van der Waals surface area contributed by atoms with Gasteiger partial charge in [-0.2, -0.15) is 0 Å². The lowest BCUT2D eigenvalue weighted by molar-refractivity contribution is 0.762. The van der Waals surface area contributed by atoms with Crippen molar-refractivity contribution < 1.29 is 0 Å². The summed E-state index contributed by atoms with van der Waals surface area (Å²) in [5, 5.41) is 0. The lowest BCUT2D eigenvalue weighted by atomic mass is 10.1. The molecule has 0 unspecified atom stereocenters. The molecule has 1 saturated carbocycles. The number of benzene rings is 1. The van der Waals surface area contributed by atoms with E-state index in [-0.39, 0.29) is 5.56 Å². The topological polar surface area (TPSA) is 45.8 Å². The molecule has 2 aromatic rings. The predicted octanol–water partition coefficient (Wildman–Crippen LogP) is 2.70. The van der Waals surface area contributed by atoms with E-state index in [0.717, 1.165) is 29.4 Å². The van der Waals surface area contributed by atoms with Crippen LogP contribution in [0.5, 0.6) is 0 Å². The molecule has 0 saturated heterocycles. The van der Waals surface area contributed by atoms with Crippen molar-refractivity contribution in [1.82, 2.24) is 9.97 Å². The van der Waals surface area contributed by atoms with Gasteiger partial charge >= 0.3 is 0 Å². The second kappa shape index (κ2) is 4.41. The number of hydrogen-bond donors (Lipinski definition) is 1. The van der Waals surface area contributed by atoms with Crippen molar-refractivity contribution in [2.24, 2.45) is 5.92 Å². The molecule has 0 atom stereocenters. The molecule has 92 valence electrons. The van der Waals surface area contributed by atoms with E-state index in [2.05, 4.69) is 9.97 Å².